The second-order valence-corrected chi connectivity index (χ2v) is 8.28. The van der Waals surface area contributed by atoms with Gasteiger partial charge in [0.05, 0.1) is 23.6 Å². The summed E-state index contributed by atoms with van der Waals surface area (Å²) in [6.07, 6.45) is 1.62. The average molecular weight is 456 g/mol. The van der Waals surface area contributed by atoms with Crippen molar-refractivity contribution in [3.63, 3.8) is 0 Å². The smallest absolute Gasteiger partial charge is 0.328 e. The van der Waals surface area contributed by atoms with Crippen LogP contribution in [0.1, 0.15) is 40.3 Å². The Morgan fingerprint density at radius 2 is 1.81 bits per heavy atom. The van der Waals surface area contributed by atoms with Gasteiger partial charge in [-0.3, -0.25) is 9.69 Å². The van der Waals surface area contributed by atoms with E-state index in [1.165, 1.54) is 0 Å². The number of aromatic nitrogens is 3. The molecule has 168 valence electrons. The van der Waals surface area contributed by atoms with Gasteiger partial charge in [-0.05, 0) is 38.5 Å². The number of aryl methyl sites for hydroxylation is 2. The monoisotopic (exact) mass is 455 g/mol. The maximum atomic E-state index is 13.2. The number of amides is 1. The van der Waals surface area contributed by atoms with Crippen LogP contribution in [0.4, 0.5) is 0 Å². The number of ether oxygens (including phenoxy) is 1. The number of hydrogen-bond donors (Lipinski definition) is 0. The zero-order valence-corrected chi connectivity index (χ0v) is 19.2. The van der Waals surface area contributed by atoms with Gasteiger partial charge in [0.15, 0.2) is 5.65 Å². The Bertz CT molecular complexity index is 1140. The third kappa shape index (κ3) is 4.33. The Kier molecular flexibility index (Phi) is 6.43. The molecule has 1 fully saturated rings. The SMILES string of the molecule is CCOC(=O)C(c1ccc(Cl)cc1)N1CCN(C(=O)c2cnc3cc(C)nn3c2C)CC1. The van der Waals surface area contributed by atoms with Gasteiger partial charge in [-0.15, -0.1) is 0 Å². The summed E-state index contributed by atoms with van der Waals surface area (Å²) in [5, 5.41) is 5.04. The third-order valence-electron chi connectivity index (χ3n) is 5.74. The summed E-state index contributed by atoms with van der Waals surface area (Å²) in [5.41, 5.74) is 3.70. The van der Waals surface area contributed by atoms with Crippen molar-refractivity contribution in [1.82, 2.24) is 24.4 Å². The van der Waals surface area contributed by atoms with Crippen LogP contribution < -0.4 is 0 Å². The topological polar surface area (TPSA) is 80.0 Å². The van der Waals surface area contributed by atoms with Crippen molar-refractivity contribution in [3.8, 4) is 0 Å². The minimum absolute atomic E-state index is 0.0797. The van der Waals surface area contributed by atoms with Crippen LogP contribution in [-0.4, -0.2) is 69.1 Å². The number of fused-ring (bicyclic) bond motifs is 1. The van der Waals surface area contributed by atoms with Crippen molar-refractivity contribution in [2.24, 2.45) is 0 Å². The van der Waals surface area contributed by atoms with Crippen LogP contribution >= 0.6 is 11.6 Å². The van der Waals surface area contributed by atoms with E-state index in [0.29, 0.717) is 43.4 Å². The van der Waals surface area contributed by atoms with E-state index >= 15 is 0 Å². The molecule has 1 atom stereocenters. The molecule has 0 radical (unpaired) electrons. The molecule has 0 saturated carbocycles. The molecule has 1 aliphatic heterocycles. The molecule has 0 aliphatic carbocycles. The van der Waals surface area contributed by atoms with E-state index in [-0.39, 0.29) is 11.9 Å². The van der Waals surface area contributed by atoms with E-state index in [1.54, 1.807) is 34.7 Å². The number of piperazine rings is 1. The molecule has 3 heterocycles. The molecule has 2 aromatic heterocycles. The Labute approximate surface area is 191 Å². The molecule has 1 aromatic carbocycles. The second kappa shape index (κ2) is 9.26. The molecule has 1 saturated heterocycles. The van der Waals surface area contributed by atoms with Gasteiger partial charge in [0, 0.05) is 43.5 Å². The minimum atomic E-state index is -0.531. The van der Waals surface area contributed by atoms with Gasteiger partial charge in [0.2, 0.25) is 0 Å². The lowest BCUT2D eigenvalue weighted by atomic mass is 10.0. The summed E-state index contributed by atoms with van der Waals surface area (Å²) in [4.78, 5) is 34.2. The quantitative estimate of drug-likeness (QED) is 0.550. The van der Waals surface area contributed by atoms with Gasteiger partial charge in [0.25, 0.3) is 5.91 Å². The van der Waals surface area contributed by atoms with Crippen LogP contribution in [0.3, 0.4) is 0 Å². The van der Waals surface area contributed by atoms with Crippen molar-refractivity contribution in [3.05, 3.63) is 64.1 Å². The molecule has 3 aromatic rings. The highest BCUT2D eigenvalue weighted by molar-refractivity contribution is 6.30. The Morgan fingerprint density at radius 3 is 2.47 bits per heavy atom. The first kappa shape index (κ1) is 22.2. The fraction of sp³-hybridized carbons (Fsp3) is 0.391. The van der Waals surface area contributed by atoms with Crippen molar-refractivity contribution >= 4 is 29.1 Å². The number of nitrogens with zero attached hydrogens (tertiary/aromatic N) is 5. The summed E-state index contributed by atoms with van der Waals surface area (Å²) >= 11 is 6.02. The van der Waals surface area contributed by atoms with E-state index in [9.17, 15) is 9.59 Å². The summed E-state index contributed by atoms with van der Waals surface area (Å²) in [7, 11) is 0. The van der Waals surface area contributed by atoms with Crippen LogP contribution in [0.5, 0.6) is 0 Å². The number of rotatable bonds is 5. The lowest BCUT2D eigenvalue weighted by Gasteiger charge is -2.38. The number of esters is 1. The van der Waals surface area contributed by atoms with Crippen LogP contribution in [-0.2, 0) is 9.53 Å². The maximum absolute atomic E-state index is 13.2. The molecule has 9 heteroatoms. The number of carbonyl (C=O) groups excluding carboxylic acids is 2. The van der Waals surface area contributed by atoms with Crippen LogP contribution in [0.25, 0.3) is 5.65 Å². The minimum Gasteiger partial charge on any atom is -0.465 e. The standard InChI is InChI=1S/C23H26ClN5O3/c1-4-32-23(31)21(17-5-7-18(24)8-6-17)27-9-11-28(12-10-27)22(30)19-14-25-20-13-15(2)26-29(20)16(19)3/h5-8,13-14,21H,4,9-12H2,1-3H3. The van der Waals surface area contributed by atoms with E-state index < -0.39 is 6.04 Å². The van der Waals surface area contributed by atoms with Crippen LogP contribution in [0.2, 0.25) is 5.02 Å². The maximum Gasteiger partial charge on any atom is 0.328 e. The molecule has 1 unspecified atom stereocenters. The van der Waals surface area contributed by atoms with Gasteiger partial charge in [-0.2, -0.15) is 5.10 Å². The number of halogens is 1. The fourth-order valence-corrected chi connectivity index (χ4v) is 4.21. The number of benzene rings is 1. The molecule has 0 N–H and O–H groups in total. The lowest BCUT2D eigenvalue weighted by molar-refractivity contribution is -0.150. The van der Waals surface area contributed by atoms with Gasteiger partial charge in [-0.25, -0.2) is 14.3 Å². The number of hydrogen-bond acceptors (Lipinski definition) is 6. The van der Waals surface area contributed by atoms with E-state index in [1.807, 2.05) is 32.0 Å². The van der Waals surface area contributed by atoms with Crippen molar-refractivity contribution < 1.29 is 14.3 Å². The second-order valence-electron chi connectivity index (χ2n) is 7.85. The fourth-order valence-electron chi connectivity index (χ4n) is 4.09. The largest absolute Gasteiger partial charge is 0.465 e. The molecule has 1 amide bonds. The molecular weight excluding hydrogens is 430 g/mol. The Hall–Kier alpha value is -2.97. The molecule has 8 nitrogen and oxygen atoms in total. The van der Waals surface area contributed by atoms with E-state index in [0.717, 1.165) is 22.6 Å². The first-order chi connectivity index (χ1) is 15.4. The first-order valence-electron chi connectivity index (χ1n) is 10.7. The lowest BCUT2D eigenvalue weighted by Crippen LogP contribution is -2.51. The predicted octanol–water partition coefficient (Wildman–Crippen LogP) is 3.06. The zero-order chi connectivity index (χ0) is 22.8. The van der Waals surface area contributed by atoms with Crippen LogP contribution in [0, 0.1) is 13.8 Å². The molecular formula is C23H26ClN5O3. The van der Waals surface area contributed by atoms with Gasteiger partial charge >= 0.3 is 5.97 Å². The summed E-state index contributed by atoms with van der Waals surface area (Å²) < 4.78 is 7.04. The summed E-state index contributed by atoms with van der Waals surface area (Å²) in [5.74, 6) is -0.377. The highest BCUT2D eigenvalue weighted by Gasteiger charge is 2.33. The van der Waals surface area contributed by atoms with Gasteiger partial charge < -0.3 is 9.64 Å². The van der Waals surface area contributed by atoms with E-state index in [2.05, 4.69) is 15.0 Å². The predicted molar refractivity (Wildman–Crippen MR) is 121 cm³/mol. The molecule has 0 spiro atoms. The molecule has 1 aliphatic rings. The van der Waals surface area contributed by atoms with Gasteiger partial charge in [-0.1, -0.05) is 23.7 Å². The first-order valence-corrected chi connectivity index (χ1v) is 11.0. The van der Waals surface area contributed by atoms with Gasteiger partial charge in [0.1, 0.15) is 6.04 Å². The number of carbonyl (C=O) groups is 2. The van der Waals surface area contributed by atoms with Crippen LogP contribution in [0.15, 0.2) is 36.5 Å². The highest BCUT2D eigenvalue weighted by Crippen LogP contribution is 2.26. The summed E-state index contributed by atoms with van der Waals surface area (Å²) in [6, 6.07) is 8.58. The van der Waals surface area contributed by atoms with Crippen molar-refractivity contribution in [1.29, 1.82) is 0 Å². The van der Waals surface area contributed by atoms with Crippen molar-refractivity contribution in [2.75, 3.05) is 32.8 Å². The third-order valence-corrected chi connectivity index (χ3v) is 5.99. The van der Waals surface area contributed by atoms with E-state index in [4.69, 9.17) is 16.3 Å². The zero-order valence-electron chi connectivity index (χ0n) is 18.4. The Morgan fingerprint density at radius 1 is 1.12 bits per heavy atom. The molecule has 4 rings (SSSR count). The highest BCUT2D eigenvalue weighted by atomic mass is 35.5. The Balaban J connectivity index is 1.50. The normalized spacial score (nSPS) is 15.7. The molecule has 0 bridgehead atoms. The van der Waals surface area contributed by atoms with Crippen molar-refractivity contribution in [2.45, 2.75) is 26.8 Å². The molecule has 32 heavy (non-hydrogen) atoms. The average Bonchev–Trinajstić information content (AvgIpc) is 3.17. The summed E-state index contributed by atoms with van der Waals surface area (Å²) in [6.45, 7) is 7.97.